The number of thiazole rings is 1. The highest BCUT2D eigenvalue weighted by Crippen LogP contribution is 2.27. The second-order valence-corrected chi connectivity index (χ2v) is 15.3. The maximum absolute atomic E-state index is 13.5. The van der Waals surface area contributed by atoms with Gasteiger partial charge in [-0.2, -0.15) is 0 Å². The highest BCUT2D eigenvalue weighted by atomic mass is 35.5. The fourth-order valence-electron chi connectivity index (χ4n) is 4.46. The summed E-state index contributed by atoms with van der Waals surface area (Å²) < 4.78 is 52.9. The van der Waals surface area contributed by atoms with Crippen molar-refractivity contribution in [3.63, 3.8) is 0 Å². The first-order valence-corrected chi connectivity index (χ1v) is 17.3. The number of pyridine rings is 1. The van der Waals surface area contributed by atoms with Crippen molar-refractivity contribution < 1.29 is 21.6 Å². The molecule has 10 nitrogen and oxygen atoms in total. The van der Waals surface area contributed by atoms with Crippen LogP contribution in [0.15, 0.2) is 65.8 Å². The molecule has 41 heavy (non-hydrogen) atoms. The first kappa shape index (κ1) is 29.5. The number of sulfone groups is 1. The van der Waals surface area contributed by atoms with Crippen molar-refractivity contribution in [2.75, 3.05) is 31.1 Å². The van der Waals surface area contributed by atoms with Gasteiger partial charge in [-0.3, -0.25) is 15.1 Å². The molecule has 1 fully saturated rings. The third-order valence-corrected chi connectivity index (χ3v) is 11.3. The topological polar surface area (TPSA) is 138 Å². The van der Waals surface area contributed by atoms with Crippen molar-refractivity contribution in [3.05, 3.63) is 76.5 Å². The average molecular weight is 634 g/mol. The van der Waals surface area contributed by atoms with Crippen LogP contribution in [-0.2, 0) is 31.2 Å². The predicted octanol–water partition coefficient (Wildman–Crippen LogP) is 3.01. The van der Waals surface area contributed by atoms with Gasteiger partial charge in [-0.25, -0.2) is 26.5 Å². The van der Waals surface area contributed by atoms with Gasteiger partial charge in [0.25, 0.3) is 0 Å². The number of rotatable bonds is 9. The number of benzene rings is 2. The molecule has 1 saturated heterocycles. The van der Waals surface area contributed by atoms with Crippen LogP contribution >= 0.6 is 22.9 Å². The molecule has 2 aromatic carbocycles. The maximum Gasteiger partial charge on any atom is 0.241 e. The van der Waals surface area contributed by atoms with Gasteiger partial charge in [0.05, 0.1) is 22.1 Å². The van der Waals surface area contributed by atoms with Gasteiger partial charge in [-0.05, 0) is 54.1 Å². The Kier molecular flexibility index (Phi) is 8.73. The lowest BCUT2D eigenvalue weighted by atomic mass is 10.1. The lowest BCUT2D eigenvalue weighted by Crippen LogP contribution is -2.55. The van der Waals surface area contributed by atoms with E-state index in [1.54, 1.807) is 42.7 Å². The Morgan fingerprint density at radius 1 is 1.07 bits per heavy atom. The van der Waals surface area contributed by atoms with Gasteiger partial charge in [0.2, 0.25) is 15.9 Å². The first-order valence-electron chi connectivity index (χ1n) is 12.8. The Morgan fingerprint density at radius 2 is 1.76 bits per heavy atom. The molecule has 1 amide bonds. The number of nitrogens with one attached hydrogen (secondary N) is 2. The van der Waals surface area contributed by atoms with E-state index in [2.05, 4.69) is 20.0 Å². The number of carbonyl (C=O) groups is 1. The molecule has 1 aliphatic rings. The third-order valence-electron chi connectivity index (χ3n) is 6.84. The van der Waals surface area contributed by atoms with Crippen molar-refractivity contribution in [2.24, 2.45) is 0 Å². The van der Waals surface area contributed by atoms with Crippen molar-refractivity contribution in [1.82, 2.24) is 24.9 Å². The molecule has 4 aromatic rings. The van der Waals surface area contributed by atoms with Crippen molar-refractivity contribution in [2.45, 2.75) is 24.4 Å². The van der Waals surface area contributed by atoms with Crippen LogP contribution in [0.25, 0.3) is 21.3 Å². The van der Waals surface area contributed by atoms with Crippen molar-refractivity contribution >= 4 is 59.5 Å². The standard InChI is InChI=1S/C27H28ClN5O5S3/c1-18-25(39-26(32-18)19-6-8-29-9-7-19)17-30-24(27(34)33-10-12-40(35,36)13-11-33)16-31-41(37,38)23-5-3-20-14-22(28)4-2-21(20)15-23/h2-9,14-15,24,30-31H,10-13,16-17H2,1H3. The number of fused-ring (bicyclic) bond motifs is 1. The minimum Gasteiger partial charge on any atom is -0.339 e. The highest BCUT2D eigenvalue weighted by molar-refractivity contribution is 7.91. The number of hydrogen-bond donors (Lipinski definition) is 2. The van der Waals surface area contributed by atoms with Crippen LogP contribution in [-0.4, -0.2) is 74.8 Å². The Morgan fingerprint density at radius 3 is 2.49 bits per heavy atom. The number of aromatic nitrogens is 2. The zero-order valence-electron chi connectivity index (χ0n) is 22.1. The molecule has 1 aliphatic heterocycles. The lowest BCUT2D eigenvalue weighted by Gasteiger charge is -2.30. The zero-order chi connectivity index (χ0) is 29.2. The van der Waals surface area contributed by atoms with E-state index in [1.165, 1.54) is 22.3 Å². The summed E-state index contributed by atoms with van der Waals surface area (Å²) in [5, 5.41) is 6.07. The average Bonchev–Trinajstić information content (AvgIpc) is 3.33. The van der Waals surface area contributed by atoms with E-state index >= 15 is 0 Å². The zero-order valence-corrected chi connectivity index (χ0v) is 25.3. The van der Waals surface area contributed by atoms with Gasteiger partial charge in [-0.1, -0.05) is 23.7 Å². The number of aryl methyl sites for hydroxylation is 1. The Labute approximate surface area is 247 Å². The van der Waals surface area contributed by atoms with Crippen LogP contribution in [0.3, 0.4) is 0 Å². The van der Waals surface area contributed by atoms with Crippen LogP contribution < -0.4 is 10.0 Å². The molecule has 0 saturated carbocycles. The summed E-state index contributed by atoms with van der Waals surface area (Å²) in [7, 11) is -7.16. The van der Waals surface area contributed by atoms with E-state index in [4.69, 9.17) is 11.6 Å². The highest BCUT2D eigenvalue weighted by Gasteiger charge is 2.31. The SMILES string of the molecule is Cc1nc(-c2ccncc2)sc1CNC(CNS(=O)(=O)c1ccc2cc(Cl)ccc2c1)C(=O)N1CCS(=O)(=O)CC1. The molecule has 0 radical (unpaired) electrons. The molecule has 14 heteroatoms. The molecule has 1 atom stereocenters. The molecular weight excluding hydrogens is 606 g/mol. The van der Waals surface area contributed by atoms with E-state index < -0.39 is 25.9 Å². The predicted molar refractivity (Wildman–Crippen MR) is 160 cm³/mol. The second kappa shape index (κ2) is 12.1. The van der Waals surface area contributed by atoms with Crippen molar-refractivity contribution in [3.8, 4) is 10.6 Å². The van der Waals surface area contributed by atoms with Crippen LogP contribution in [0.2, 0.25) is 5.02 Å². The summed E-state index contributed by atoms with van der Waals surface area (Å²) in [6.45, 7) is 2.05. The summed E-state index contributed by atoms with van der Waals surface area (Å²) in [5.41, 5.74) is 1.72. The minimum absolute atomic E-state index is 0.0582. The number of carbonyl (C=O) groups excluding carboxylic acids is 1. The quantitative estimate of drug-likeness (QED) is 0.287. The molecular formula is C27H28ClN5O5S3. The molecule has 216 valence electrons. The first-order chi connectivity index (χ1) is 19.5. The van der Waals surface area contributed by atoms with Gasteiger partial charge in [0.15, 0.2) is 9.84 Å². The monoisotopic (exact) mass is 633 g/mol. The van der Waals surface area contributed by atoms with E-state index in [0.717, 1.165) is 26.5 Å². The molecule has 1 unspecified atom stereocenters. The lowest BCUT2D eigenvalue weighted by molar-refractivity contribution is -0.133. The van der Waals surface area contributed by atoms with Gasteiger partial charge in [0.1, 0.15) is 11.0 Å². The summed E-state index contributed by atoms with van der Waals surface area (Å²) in [4.78, 5) is 24.6. The molecule has 3 heterocycles. The fourth-order valence-corrected chi connectivity index (χ4v) is 7.95. The Hall–Kier alpha value is -2.94. The third kappa shape index (κ3) is 7.11. The number of sulfonamides is 1. The number of nitrogens with zero attached hydrogens (tertiary/aromatic N) is 3. The fraction of sp³-hybridized carbons (Fsp3) is 0.296. The number of hydrogen-bond acceptors (Lipinski definition) is 9. The van der Waals surface area contributed by atoms with E-state index in [0.29, 0.717) is 10.4 Å². The van der Waals surface area contributed by atoms with Crippen LogP contribution in [0.5, 0.6) is 0 Å². The summed E-state index contributed by atoms with van der Waals surface area (Å²) in [5.74, 6) is -0.615. The summed E-state index contributed by atoms with van der Waals surface area (Å²) in [6, 6.07) is 12.7. The van der Waals surface area contributed by atoms with E-state index in [1.807, 2.05) is 19.1 Å². The van der Waals surface area contributed by atoms with Crippen LogP contribution in [0.4, 0.5) is 0 Å². The number of amides is 1. The van der Waals surface area contributed by atoms with Crippen LogP contribution in [0.1, 0.15) is 10.6 Å². The summed E-state index contributed by atoms with van der Waals surface area (Å²) in [6.07, 6.45) is 3.38. The summed E-state index contributed by atoms with van der Waals surface area (Å²) >= 11 is 7.52. The Balaban J connectivity index is 1.34. The normalized spacial score (nSPS) is 16.1. The van der Waals surface area contributed by atoms with E-state index in [9.17, 15) is 21.6 Å². The smallest absolute Gasteiger partial charge is 0.241 e. The molecule has 5 rings (SSSR count). The van der Waals surface area contributed by atoms with Crippen LogP contribution in [0, 0.1) is 6.92 Å². The van der Waals surface area contributed by atoms with Gasteiger partial charge >= 0.3 is 0 Å². The Bertz CT molecular complexity index is 1780. The maximum atomic E-state index is 13.5. The van der Waals surface area contributed by atoms with Gasteiger partial charge in [-0.15, -0.1) is 11.3 Å². The minimum atomic E-state index is -3.97. The number of halogens is 1. The second-order valence-electron chi connectivity index (χ2n) is 9.68. The molecule has 0 spiro atoms. The molecule has 2 N–H and O–H groups in total. The van der Waals surface area contributed by atoms with Gasteiger partial charge < -0.3 is 4.90 Å². The molecule has 0 bridgehead atoms. The molecule has 2 aromatic heterocycles. The van der Waals surface area contributed by atoms with Crippen molar-refractivity contribution in [1.29, 1.82) is 0 Å². The van der Waals surface area contributed by atoms with Gasteiger partial charge in [0, 0.05) is 54.0 Å². The largest absolute Gasteiger partial charge is 0.339 e. The van der Waals surface area contributed by atoms with E-state index in [-0.39, 0.29) is 48.5 Å². The molecule has 0 aliphatic carbocycles.